The highest BCUT2D eigenvalue weighted by atomic mass is 35.5. The van der Waals surface area contributed by atoms with Crippen LogP contribution in [0.3, 0.4) is 0 Å². The van der Waals surface area contributed by atoms with Gasteiger partial charge in [-0.15, -0.1) is 0 Å². The minimum Gasteiger partial charge on any atom is -0.484 e. The van der Waals surface area contributed by atoms with Crippen molar-refractivity contribution in [3.05, 3.63) is 99.7 Å². The molecule has 0 saturated heterocycles. The standard InChI is InChI=1S/C25H17Cl3N2O3/c26-21-13-23(28)22(27)12-20(21)24-11-10-19(33-24)14-29-30-25(31)15-32-18-8-6-17(7-9-18)16-4-2-1-3-5-16/h1-14H,15H2,(H,30,31)/b29-14-. The van der Waals surface area contributed by atoms with Gasteiger partial charge in [-0.3, -0.25) is 4.79 Å². The van der Waals surface area contributed by atoms with E-state index in [4.69, 9.17) is 44.0 Å². The molecule has 1 heterocycles. The van der Waals surface area contributed by atoms with Gasteiger partial charge in [0.2, 0.25) is 0 Å². The number of hydrogen-bond acceptors (Lipinski definition) is 4. The average molecular weight is 500 g/mol. The molecule has 3 aromatic carbocycles. The topological polar surface area (TPSA) is 63.8 Å². The Kier molecular flexibility index (Phi) is 7.35. The summed E-state index contributed by atoms with van der Waals surface area (Å²) in [5.74, 6) is 1.10. The molecule has 166 valence electrons. The summed E-state index contributed by atoms with van der Waals surface area (Å²) in [4.78, 5) is 12.0. The predicted octanol–water partition coefficient (Wildman–Crippen LogP) is 7.10. The minimum atomic E-state index is -0.405. The number of carbonyl (C=O) groups excluding carboxylic acids is 1. The highest BCUT2D eigenvalue weighted by Gasteiger charge is 2.11. The molecule has 0 atom stereocenters. The number of benzene rings is 3. The summed E-state index contributed by atoms with van der Waals surface area (Å²) >= 11 is 18.2. The molecule has 1 amide bonds. The molecule has 0 spiro atoms. The van der Waals surface area contributed by atoms with E-state index in [-0.39, 0.29) is 6.61 Å². The lowest BCUT2D eigenvalue weighted by atomic mass is 10.1. The fraction of sp³-hybridized carbons (Fsp3) is 0.0400. The molecule has 0 aliphatic rings. The number of rotatable bonds is 7. The Hall–Kier alpha value is -3.25. The second kappa shape index (κ2) is 10.6. The van der Waals surface area contributed by atoms with Gasteiger partial charge in [-0.1, -0.05) is 77.3 Å². The summed E-state index contributed by atoms with van der Waals surface area (Å²) in [6.07, 6.45) is 1.38. The molecule has 1 N–H and O–H groups in total. The maximum Gasteiger partial charge on any atom is 0.277 e. The van der Waals surface area contributed by atoms with Gasteiger partial charge in [0.1, 0.15) is 17.3 Å². The van der Waals surface area contributed by atoms with E-state index in [9.17, 15) is 4.79 Å². The molecule has 4 rings (SSSR count). The zero-order valence-corrected chi connectivity index (χ0v) is 19.4. The zero-order chi connectivity index (χ0) is 23.2. The third kappa shape index (κ3) is 5.96. The zero-order valence-electron chi connectivity index (χ0n) is 17.1. The van der Waals surface area contributed by atoms with Crippen LogP contribution in [-0.4, -0.2) is 18.7 Å². The van der Waals surface area contributed by atoms with E-state index >= 15 is 0 Å². The first-order chi connectivity index (χ1) is 16.0. The second-order valence-corrected chi connectivity index (χ2v) is 8.14. The molecule has 1 aromatic heterocycles. The summed E-state index contributed by atoms with van der Waals surface area (Å²) in [5.41, 5.74) is 5.17. The number of ether oxygens (including phenoxy) is 1. The van der Waals surface area contributed by atoms with Crippen molar-refractivity contribution in [2.24, 2.45) is 5.10 Å². The van der Waals surface area contributed by atoms with Crippen molar-refractivity contribution in [1.82, 2.24) is 5.43 Å². The van der Waals surface area contributed by atoms with Crippen LogP contribution in [0.25, 0.3) is 22.5 Å². The van der Waals surface area contributed by atoms with Crippen LogP contribution in [0.1, 0.15) is 5.76 Å². The number of hydrazone groups is 1. The van der Waals surface area contributed by atoms with Gasteiger partial charge in [0.15, 0.2) is 6.61 Å². The molecular weight excluding hydrogens is 483 g/mol. The minimum absolute atomic E-state index is 0.176. The van der Waals surface area contributed by atoms with Crippen molar-refractivity contribution in [3.63, 3.8) is 0 Å². The maximum absolute atomic E-state index is 12.0. The van der Waals surface area contributed by atoms with E-state index in [0.29, 0.717) is 37.9 Å². The molecule has 33 heavy (non-hydrogen) atoms. The number of nitrogens with one attached hydrogen (secondary N) is 1. The Labute approximate surface area is 205 Å². The largest absolute Gasteiger partial charge is 0.484 e. The molecule has 0 radical (unpaired) electrons. The molecule has 4 aromatic rings. The Morgan fingerprint density at radius 1 is 0.879 bits per heavy atom. The molecule has 0 fully saturated rings. The summed E-state index contributed by atoms with van der Waals surface area (Å²) in [6, 6.07) is 24.1. The Balaban J connectivity index is 1.29. The van der Waals surface area contributed by atoms with Gasteiger partial charge in [-0.2, -0.15) is 5.10 Å². The fourth-order valence-electron chi connectivity index (χ4n) is 3.00. The smallest absolute Gasteiger partial charge is 0.277 e. The SMILES string of the molecule is O=C(COc1ccc(-c2ccccc2)cc1)N/N=C\c1ccc(-c2cc(Cl)c(Cl)cc2Cl)o1. The number of hydrogen-bond donors (Lipinski definition) is 1. The first-order valence-corrected chi connectivity index (χ1v) is 11.0. The first kappa shape index (κ1) is 22.9. The van der Waals surface area contributed by atoms with Crippen LogP contribution in [0.5, 0.6) is 5.75 Å². The lowest BCUT2D eigenvalue weighted by Crippen LogP contribution is -2.24. The van der Waals surface area contributed by atoms with Crippen molar-refractivity contribution < 1.29 is 13.9 Å². The highest BCUT2D eigenvalue weighted by Crippen LogP contribution is 2.35. The molecular formula is C25H17Cl3N2O3. The van der Waals surface area contributed by atoms with Crippen LogP contribution in [0.4, 0.5) is 0 Å². The van der Waals surface area contributed by atoms with Crippen molar-refractivity contribution >= 4 is 46.9 Å². The second-order valence-electron chi connectivity index (χ2n) is 6.92. The van der Waals surface area contributed by atoms with E-state index in [1.54, 1.807) is 24.3 Å². The molecule has 0 saturated carbocycles. The van der Waals surface area contributed by atoms with Crippen molar-refractivity contribution in [1.29, 1.82) is 0 Å². The normalized spacial score (nSPS) is 11.0. The van der Waals surface area contributed by atoms with Crippen LogP contribution in [0, 0.1) is 0 Å². The molecule has 8 heteroatoms. The number of nitrogens with zero attached hydrogens (tertiary/aromatic N) is 1. The third-order valence-electron chi connectivity index (χ3n) is 4.61. The van der Waals surface area contributed by atoms with E-state index in [0.717, 1.165) is 11.1 Å². The van der Waals surface area contributed by atoms with Gasteiger partial charge in [-0.25, -0.2) is 5.43 Å². The van der Waals surface area contributed by atoms with E-state index in [2.05, 4.69) is 10.5 Å². The maximum atomic E-state index is 12.0. The molecule has 0 unspecified atom stereocenters. The Morgan fingerprint density at radius 3 is 2.33 bits per heavy atom. The van der Waals surface area contributed by atoms with Crippen molar-refractivity contribution in [2.75, 3.05) is 6.61 Å². The first-order valence-electron chi connectivity index (χ1n) is 9.84. The van der Waals surface area contributed by atoms with Gasteiger partial charge in [0, 0.05) is 5.56 Å². The predicted molar refractivity (Wildman–Crippen MR) is 132 cm³/mol. The molecule has 0 aliphatic carbocycles. The molecule has 5 nitrogen and oxygen atoms in total. The monoisotopic (exact) mass is 498 g/mol. The molecule has 0 bridgehead atoms. The van der Waals surface area contributed by atoms with Gasteiger partial charge >= 0.3 is 0 Å². The fourth-order valence-corrected chi connectivity index (χ4v) is 3.64. The average Bonchev–Trinajstić information content (AvgIpc) is 3.29. The van der Waals surface area contributed by atoms with Crippen LogP contribution < -0.4 is 10.2 Å². The molecule has 0 aliphatic heterocycles. The Morgan fingerprint density at radius 2 is 1.58 bits per heavy atom. The third-order valence-corrected chi connectivity index (χ3v) is 5.65. The van der Waals surface area contributed by atoms with Gasteiger partial charge in [-0.05, 0) is 47.5 Å². The lowest BCUT2D eigenvalue weighted by molar-refractivity contribution is -0.123. The van der Waals surface area contributed by atoms with Gasteiger partial charge < -0.3 is 9.15 Å². The summed E-state index contributed by atoms with van der Waals surface area (Å²) in [7, 11) is 0. The number of carbonyl (C=O) groups is 1. The Bertz CT molecular complexity index is 1290. The van der Waals surface area contributed by atoms with E-state index in [1.807, 2.05) is 54.6 Å². The van der Waals surface area contributed by atoms with Crippen LogP contribution in [-0.2, 0) is 4.79 Å². The van der Waals surface area contributed by atoms with E-state index in [1.165, 1.54) is 6.21 Å². The lowest BCUT2D eigenvalue weighted by Gasteiger charge is -2.06. The van der Waals surface area contributed by atoms with Crippen LogP contribution in [0.15, 0.2) is 88.4 Å². The number of amides is 1. The summed E-state index contributed by atoms with van der Waals surface area (Å²) in [5, 5.41) is 5.02. The van der Waals surface area contributed by atoms with Crippen molar-refractivity contribution in [3.8, 4) is 28.2 Å². The van der Waals surface area contributed by atoms with Crippen LogP contribution >= 0.6 is 34.8 Å². The summed E-state index contributed by atoms with van der Waals surface area (Å²) in [6.45, 7) is -0.176. The van der Waals surface area contributed by atoms with Gasteiger partial charge in [0.05, 0.1) is 21.3 Å². The van der Waals surface area contributed by atoms with Crippen molar-refractivity contribution in [2.45, 2.75) is 0 Å². The highest BCUT2D eigenvalue weighted by molar-refractivity contribution is 6.44. The van der Waals surface area contributed by atoms with E-state index < -0.39 is 5.91 Å². The summed E-state index contributed by atoms with van der Waals surface area (Å²) < 4.78 is 11.2. The number of furan rings is 1. The quantitative estimate of drug-likeness (QED) is 0.167. The number of halogens is 3. The van der Waals surface area contributed by atoms with Gasteiger partial charge in [0.25, 0.3) is 5.91 Å². The van der Waals surface area contributed by atoms with Crippen LogP contribution in [0.2, 0.25) is 15.1 Å².